The summed E-state index contributed by atoms with van der Waals surface area (Å²) in [6, 6.07) is 9.95. The molecule has 1 heteroatoms. The number of unbranched alkanes of at least 4 members (excludes halogenated alkanes) is 1. The van der Waals surface area contributed by atoms with Crippen molar-refractivity contribution < 1.29 is 0 Å². The van der Waals surface area contributed by atoms with Crippen LogP contribution in [0.1, 0.15) is 19.8 Å². The van der Waals surface area contributed by atoms with Gasteiger partial charge in [-0.15, -0.1) is 0 Å². The summed E-state index contributed by atoms with van der Waals surface area (Å²) in [7, 11) is 0. The van der Waals surface area contributed by atoms with E-state index >= 15 is 0 Å². The lowest BCUT2D eigenvalue weighted by Crippen LogP contribution is -1.66. The van der Waals surface area contributed by atoms with Crippen molar-refractivity contribution >= 4 is 11.9 Å². The van der Waals surface area contributed by atoms with Crippen molar-refractivity contribution in [3.8, 4) is 0 Å². The molecule has 1 aromatic carbocycles. The maximum Gasteiger partial charge on any atom is 0.0629 e. The second-order valence-electron chi connectivity index (χ2n) is 2.83. The molecule has 1 nitrogen and oxygen atoms in total. The number of hydrogen-bond acceptors (Lipinski definition) is 1. The van der Waals surface area contributed by atoms with Gasteiger partial charge in [0, 0.05) is 6.21 Å². The standard InChI is InChI=1S/C12H15N/c1-2-3-4-8-11-13-12-9-6-5-7-10-12/h4-11H,2-3H2,1H3/b8-4+,13-11?. The van der Waals surface area contributed by atoms with Gasteiger partial charge in [0.2, 0.25) is 0 Å². The Morgan fingerprint density at radius 3 is 2.69 bits per heavy atom. The molecule has 0 heterocycles. The van der Waals surface area contributed by atoms with Crippen LogP contribution < -0.4 is 0 Å². The van der Waals surface area contributed by atoms with Crippen LogP contribution in [-0.2, 0) is 0 Å². The molecular weight excluding hydrogens is 158 g/mol. The van der Waals surface area contributed by atoms with Crippen LogP contribution in [0.5, 0.6) is 0 Å². The lowest BCUT2D eigenvalue weighted by atomic mass is 10.3. The quantitative estimate of drug-likeness (QED) is 0.615. The van der Waals surface area contributed by atoms with Crippen molar-refractivity contribution in [3.05, 3.63) is 42.5 Å². The van der Waals surface area contributed by atoms with Gasteiger partial charge in [0.1, 0.15) is 0 Å². The number of aliphatic imine (C=N–C) groups is 1. The number of allylic oxidation sites excluding steroid dienone is 2. The highest BCUT2D eigenvalue weighted by molar-refractivity contribution is 5.74. The SMILES string of the molecule is CCC/C=C/C=Nc1ccccc1. The van der Waals surface area contributed by atoms with Crippen LogP contribution in [0, 0.1) is 0 Å². The van der Waals surface area contributed by atoms with Crippen LogP contribution in [0.2, 0.25) is 0 Å². The summed E-state index contributed by atoms with van der Waals surface area (Å²) in [5, 5.41) is 0. The Kier molecular flexibility index (Phi) is 4.62. The van der Waals surface area contributed by atoms with Crippen LogP contribution in [0.3, 0.4) is 0 Å². The smallest absolute Gasteiger partial charge is 0.0629 e. The van der Waals surface area contributed by atoms with Gasteiger partial charge >= 0.3 is 0 Å². The van der Waals surface area contributed by atoms with E-state index in [9.17, 15) is 0 Å². The second kappa shape index (κ2) is 6.18. The first-order chi connectivity index (χ1) is 6.43. The summed E-state index contributed by atoms with van der Waals surface area (Å²) in [6.07, 6.45) is 8.28. The van der Waals surface area contributed by atoms with Crippen LogP contribution in [0.15, 0.2) is 47.5 Å². The molecular formula is C12H15N. The molecule has 0 saturated carbocycles. The fourth-order valence-electron chi connectivity index (χ4n) is 0.967. The molecule has 0 spiro atoms. The summed E-state index contributed by atoms with van der Waals surface area (Å²) in [5.41, 5.74) is 1.00. The fourth-order valence-corrected chi connectivity index (χ4v) is 0.967. The van der Waals surface area contributed by atoms with Crippen molar-refractivity contribution in [1.29, 1.82) is 0 Å². The predicted molar refractivity (Wildman–Crippen MR) is 58.6 cm³/mol. The van der Waals surface area contributed by atoms with Gasteiger partial charge < -0.3 is 0 Å². The van der Waals surface area contributed by atoms with Gasteiger partial charge in [-0.2, -0.15) is 0 Å². The largest absolute Gasteiger partial charge is 0.257 e. The topological polar surface area (TPSA) is 12.4 Å². The lowest BCUT2D eigenvalue weighted by molar-refractivity contribution is 0.960. The first kappa shape index (κ1) is 9.72. The molecule has 0 aromatic heterocycles. The average Bonchev–Trinajstić information content (AvgIpc) is 2.19. The molecule has 0 aliphatic heterocycles. The fraction of sp³-hybridized carbons (Fsp3) is 0.250. The highest BCUT2D eigenvalue weighted by Gasteiger charge is 1.80. The van der Waals surface area contributed by atoms with Crippen molar-refractivity contribution in [2.24, 2.45) is 4.99 Å². The zero-order chi connectivity index (χ0) is 9.36. The van der Waals surface area contributed by atoms with Gasteiger partial charge in [-0.05, 0) is 24.6 Å². The van der Waals surface area contributed by atoms with Gasteiger partial charge in [-0.1, -0.05) is 37.6 Å². The molecule has 0 radical (unpaired) electrons. The van der Waals surface area contributed by atoms with E-state index in [1.165, 1.54) is 6.42 Å². The molecule has 0 N–H and O–H groups in total. The van der Waals surface area contributed by atoms with Crippen LogP contribution in [0.4, 0.5) is 5.69 Å². The van der Waals surface area contributed by atoms with E-state index in [0.29, 0.717) is 0 Å². The van der Waals surface area contributed by atoms with Gasteiger partial charge in [0.05, 0.1) is 5.69 Å². The Morgan fingerprint density at radius 1 is 1.23 bits per heavy atom. The third-order valence-corrected chi connectivity index (χ3v) is 1.66. The molecule has 13 heavy (non-hydrogen) atoms. The molecule has 0 amide bonds. The summed E-state index contributed by atoms with van der Waals surface area (Å²) in [6.45, 7) is 2.17. The number of nitrogens with zero attached hydrogens (tertiary/aromatic N) is 1. The molecule has 0 atom stereocenters. The van der Waals surface area contributed by atoms with E-state index in [1.54, 1.807) is 0 Å². The Balaban J connectivity index is 2.41. The van der Waals surface area contributed by atoms with Crippen LogP contribution >= 0.6 is 0 Å². The van der Waals surface area contributed by atoms with Gasteiger partial charge in [-0.25, -0.2) is 0 Å². The number of rotatable bonds is 4. The first-order valence-electron chi connectivity index (χ1n) is 4.67. The van der Waals surface area contributed by atoms with Gasteiger partial charge in [-0.3, -0.25) is 4.99 Å². The zero-order valence-electron chi connectivity index (χ0n) is 7.98. The molecule has 0 unspecified atom stereocenters. The molecule has 68 valence electrons. The summed E-state index contributed by atoms with van der Waals surface area (Å²) < 4.78 is 0. The van der Waals surface area contributed by atoms with E-state index in [2.05, 4.69) is 18.0 Å². The van der Waals surface area contributed by atoms with E-state index < -0.39 is 0 Å². The van der Waals surface area contributed by atoms with Gasteiger partial charge in [0.25, 0.3) is 0 Å². The molecule has 1 rings (SSSR count). The summed E-state index contributed by atoms with van der Waals surface area (Å²) in [5.74, 6) is 0. The maximum atomic E-state index is 4.27. The van der Waals surface area contributed by atoms with Crippen LogP contribution in [-0.4, -0.2) is 6.21 Å². The Labute approximate surface area is 79.8 Å². The third-order valence-electron chi connectivity index (χ3n) is 1.66. The summed E-state index contributed by atoms with van der Waals surface area (Å²) >= 11 is 0. The van der Waals surface area contributed by atoms with E-state index in [1.807, 2.05) is 42.6 Å². The predicted octanol–water partition coefficient (Wildman–Crippen LogP) is 3.75. The molecule has 0 aliphatic carbocycles. The van der Waals surface area contributed by atoms with E-state index in [4.69, 9.17) is 0 Å². The number of para-hydroxylation sites is 1. The Hall–Kier alpha value is -1.37. The average molecular weight is 173 g/mol. The molecule has 0 aliphatic rings. The number of benzene rings is 1. The zero-order valence-corrected chi connectivity index (χ0v) is 7.98. The normalized spacial score (nSPS) is 11.5. The number of hydrogen-bond donors (Lipinski definition) is 0. The third kappa shape index (κ3) is 4.26. The molecule has 0 bridgehead atoms. The monoisotopic (exact) mass is 173 g/mol. The molecule has 0 saturated heterocycles. The minimum atomic E-state index is 1.00. The van der Waals surface area contributed by atoms with E-state index in [-0.39, 0.29) is 0 Å². The Bertz CT molecular complexity index is 272. The van der Waals surface area contributed by atoms with Crippen molar-refractivity contribution in [2.45, 2.75) is 19.8 Å². The highest BCUT2D eigenvalue weighted by Crippen LogP contribution is 2.08. The minimum absolute atomic E-state index is 1.00. The van der Waals surface area contributed by atoms with E-state index in [0.717, 1.165) is 12.1 Å². The minimum Gasteiger partial charge on any atom is -0.257 e. The van der Waals surface area contributed by atoms with Crippen molar-refractivity contribution in [3.63, 3.8) is 0 Å². The van der Waals surface area contributed by atoms with Gasteiger partial charge in [0.15, 0.2) is 0 Å². The Morgan fingerprint density at radius 2 is 2.00 bits per heavy atom. The molecule has 0 fully saturated rings. The summed E-state index contributed by atoms with van der Waals surface area (Å²) in [4.78, 5) is 4.27. The van der Waals surface area contributed by atoms with Crippen molar-refractivity contribution in [1.82, 2.24) is 0 Å². The maximum absolute atomic E-state index is 4.27. The highest BCUT2D eigenvalue weighted by atomic mass is 14.7. The van der Waals surface area contributed by atoms with Crippen molar-refractivity contribution in [2.75, 3.05) is 0 Å². The lowest BCUT2D eigenvalue weighted by Gasteiger charge is -1.88. The molecule has 1 aromatic rings. The van der Waals surface area contributed by atoms with Crippen LogP contribution in [0.25, 0.3) is 0 Å². The second-order valence-corrected chi connectivity index (χ2v) is 2.83. The first-order valence-corrected chi connectivity index (χ1v) is 4.67.